The van der Waals surface area contributed by atoms with Crippen molar-refractivity contribution in [2.45, 2.75) is 24.9 Å². The monoisotopic (exact) mass is 427 g/mol. The predicted octanol–water partition coefficient (Wildman–Crippen LogP) is 4.53. The summed E-state index contributed by atoms with van der Waals surface area (Å²) in [7, 11) is 0. The highest BCUT2D eigenvalue weighted by Crippen LogP contribution is 2.36. The standard InChI is InChI=1S/C24H21N5OS/c1-17-10-14-20(15-11-17)29-24(25-26-27-29)31-16-23(30)28-21-8-4-2-6-18(21)12-13-19-7-3-5-9-22(19)28/h2-11,14-15H,12-13,16H2,1H3. The fraction of sp³-hybridized carbons (Fsp3) is 0.167. The molecule has 0 atom stereocenters. The summed E-state index contributed by atoms with van der Waals surface area (Å²) in [5.74, 6) is 0.236. The minimum atomic E-state index is 0.00487. The molecule has 1 aliphatic rings. The fourth-order valence-corrected chi connectivity index (χ4v) is 4.60. The Hall–Kier alpha value is -3.45. The van der Waals surface area contributed by atoms with Gasteiger partial charge in [0.05, 0.1) is 22.8 Å². The number of fused-ring (bicyclic) bond motifs is 2. The molecular weight excluding hydrogens is 406 g/mol. The van der Waals surface area contributed by atoms with Crippen LogP contribution in [0.4, 0.5) is 11.4 Å². The Morgan fingerprint density at radius 1 is 0.903 bits per heavy atom. The zero-order valence-corrected chi connectivity index (χ0v) is 17.9. The predicted molar refractivity (Wildman–Crippen MR) is 122 cm³/mol. The van der Waals surface area contributed by atoms with Gasteiger partial charge in [-0.05, 0) is 65.6 Å². The van der Waals surface area contributed by atoms with Crippen LogP contribution >= 0.6 is 11.8 Å². The zero-order valence-electron chi connectivity index (χ0n) is 17.1. The second kappa shape index (κ2) is 8.35. The van der Waals surface area contributed by atoms with Crippen LogP contribution in [0.5, 0.6) is 0 Å². The third-order valence-corrected chi connectivity index (χ3v) is 6.33. The third-order valence-electron chi connectivity index (χ3n) is 5.42. The minimum Gasteiger partial charge on any atom is -0.280 e. The molecule has 0 unspecified atom stereocenters. The van der Waals surface area contributed by atoms with Crippen LogP contribution in [-0.2, 0) is 17.6 Å². The SMILES string of the molecule is Cc1ccc(-n2nnnc2SCC(=O)N2c3ccccc3CCc3ccccc32)cc1. The van der Waals surface area contributed by atoms with Gasteiger partial charge in [-0.1, -0.05) is 65.9 Å². The highest BCUT2D eigenvalue weighted by molar-refractivity contribution is 7.99. The average molecular weight is 428 g/mol. The van der Waals surface area contributed by atoms with E-state index in [1.54, 1.807) is 4.68 Å². The first-order valence-electron chi connectivity index (χ1n) is 10.2. The smallest absolute Gasteiger partial charge is 0.242 e. The van der Waals surface area contributed by atoms with E-state index in [9.17, 15) is 4.79 Å². The van der Waals surface area contributed by atoms with Crippen molar-refractivity contribution < 1.29 is 4.79 Å². The molecule has 0 saturated heterocycles. The van der Waals surface area contributed by atoms with Gasteiger partial charge in [0, 0.05) is 0 Å². The molecule has 3 aromatic carbocycles. The molecule has 7 heteroatoms. The van der Waals surface area contributed by atoms with E-state index in [0.717, 1.165) is 29.9 Å². The lowest BCUT2D eigenvalue weighted by Gasteiger charge is -2.24. The van der Waals surface area contributed by atoms with E-state index in [1.165, 1.54) is 28.5 Å². The number of para-hydroxylation sites is 2. The summed E-state index contributed by atoms with van der Waals surface area (Å²) in [6.45, 7) is 2.04. The summed E-state index contributed by atoms with van der Waals surface area (Å²) < 4.78 is 1.67. The summed E-state index contributed by atoms with van der Waals surface area (Å²) in [5, 5.41) is 12.6. The number of hydrogen-bond donors (Lipinski definition) is 0. The fourth-order valence-electron chi connectivity index (χ4n) is 3.86. The molecule has 154 valence electrons. The largest absolute Gasteiger partial charge is 0.280 e. The molecule has 0 bridgehead atoms. The van der Waals surface area contributed by atoms with E-state index in [0.29, 0.717) is 5.16 Å². The zero-order chi connectivity index (χ0) is 21.2. The summed E-state index contributed by atoms with van der Waals surface area (Å²) in [5.41, 5.74) is 6.31. The molecule has 2 heterocycles. The molecule has 0 N–H and O–H groups in total. The summed E-state index contributed by atoms with van der Waals surface area (Å²) >= 11 is 1.35. The van der Waals surface area contributed by atoms with Crippen molar-refractivity contribution >= 4 is 29.0 Å². The molecule has 6 nitrogen and oxygen atoms in total. The second-order valence-electron chi connectivity index (χ2n) is 7.48. The number of rotatable bonds is 4. The number of hydrogen-bond acceptors (Lipinski definition) is 5. The van der Waals surface area contributed by atoms with Crippen LogP contribution in [0.15, 0.2) is 78.0 Å². The van der Waals surface area contributed by atoms with E-state index < -0.39 is 0 Å². The summed E-state index contributed by atoms with van der Waals surface area (Å²) in [6, 6.07) is 24.3. The molecule has 0 saturated carbocycles. The van der Waals surface area contributed by atoms with Gasteiger partial charge in [0.25, 0.3) is 0 Å². The van der Waals surface area contributed by atoms with E-state index in [1.807, 2.05) is 72.5 Å². The number of anilines is 2. The number of thioether (sulfide) groups is 1. The Kier molecular flexibility index (Phi) is 5.26. The maximum absolute atomic E-state index is 13.5. The van der Waals surface area contributed by atoms with Crippen LogP contribution in [0.1, 0.15) is 16.7 Å². The van der Waals surface area contributed by atoms with Crippen molar-refractivity contribution in [1.29, 1.82) is 0 Å². The van der Waals surface area contributed by atoms with Gasteiger partial charge < -0.3 is 0 Å². The van der Waals surface area contributed by atoms with Crippen molar-refractivity contribution in [1.82, 2.24) is 20.2 Å². The van der Waals surface area contributed by atoms with E-state index in [4.69, 9.17) is 0 Å². The lowest BCUT2D eigenvalue weighted by Crippen LogP contribution is -2.28. The van der Waals surface area contributed by atoms with Gasteiger partial charge in [0.15, 0.2) is 0 Å². The number of aryl methyl sites for hydroxylation is 3. The average Bonchev–Trinajstić information content (AvgIpc) is 3.20. The number of benzene rings is 3. The van der Waals surface area contributed by atoms with Gasteiger partial charge >= 0.3 is 0 Å². The molecular formula is C24H21N5OS. The lowest BCUT2D eigenvalue weighted by molar-refractivity contribution is -0.115. The molecule has 1 aliphatic heterocycles. The van der Waals surface area contributed by atoms with E-state index >= 15 is 0 Å². The number of aromatic nitrogens is 4. The molecule has 31 heavy (non-hydrogen) atoms. The summed E-state index contributed by atoms with van der Waals surface area (Å²) in [6.07, 6.45) is 1.82. The Bertz CT molecular complexity index is 1190. The molecule has 5 rings (SSSR count). The van der Waals surface area contributed by atoms with E-state index in [2.05, 4.69) is 27.7 Å². The van der Waals surface area contributed by atoms with Crippen molar-refractivity contribution in [3.63, 3.8) is 0 Å². The first-order valence-corrected chi connectivity index (χ1v) is 11.2. The quantitative estimate of drug-likeness (QED) is 0.448. The molecule has 4 aromatic rings. The molecule has 0 radical (unpaired) electrons. The summed E-state index contributed by atoms with van der Waals surface area (Å²) in [4.78, 5) is 15.3. The van der Waals surface area contributed by atoms with Crippen LogP contribution < -0.4 is 4.90 Å². The first kappa shape index (κ1) is 19.5. The number of amides is 1. The van der Waals surface area contributed by atoms with E-state index in [-0.39, 0.29) is 11.7 Å². The molecule has 0 aliphatic carbocycles. The van der Waals surface area contributed by atoms with Crippen LogP contribution in [-0.4, -0.2) is 31.9 Å². The van der Waals surface area contributed by atoms with Crippen LogP contribution in [0.3, 0.4) is 0 Å². The third kappa shape index (κ3) is 3.84. The molecule has 1 amide bonds. The van der Waals surface area contributed by atoms with Gasteiger partial charge in [-0.2, -0.15) is 4.68 Å². The molecule has 0 fully saturated rings. The first-order chi connectivity index (χ1) is 15.2. The Labute approximate surface area is 184 Å². The van der Waals surface area contributed by atoms with Gasteiger partial charge in [-0.25, -0.2) is 0 Å². The van der Waals surface area contributed by atoms with Crippen LogP contribution in [0.25, 0.3) is 5.69 Å². The minimum absolute atomic E-state index is 0.00487. The highest BCUT2D eigenvalue weighted by atomic mass is 32.2. The van der Waals surface area contributed by atoms with Crippen molar-refractivity contribution in [3.8, 4) is 5.69 Å². The van der Waals surface area contributed by atoms with Crippen molar-refractivity contribution in [2.24, 2.45) is 0 Å². The topological polar surface area (TPSA) is 63.9 Å². The number of tetrazole rings is 1. The van der Waals surface area contributed by atoms with Gasteiger partial charge in [-0.15, -0.1) is 5.10 Å². The number of nitrogens with zero attached hydrogens (tertiary/aromatic N) is 5. The van der Waals surface area contributed by atoms with Crippen LogP contribution in [0.2, 0.25) is 0 Å². The number of carbonyl (C=O) groups is 1. The maximum atomic E-state index is 13.5. The Balaban J connectivity index is 1.43. The van der Waals surface area contributed by atoms with Gasteiger partial charge in [0.2, 0.25) is 11.1 Å². The molecule has 0 spiro atoms. The van der Waals surface area contributed by atoms with Crippen molar-refractivity contribution in [2.75, 3.05) is 10.7 Å². The Morgan fingerprint density at radius 3 is 2.16 bits per heavy atom. The van der Waals surface area contributed by atoms with Crippen LogP contribution in [0, 0.1) is 6.92 Å². The number of carbonyl (C=O) groups excluding carboxylic acids is 1. The Morgan fingerprint density at radius 2 is 1.52 bits per heavy atom. The van der Waals surface area contributed by atoms with Crippen molar-refractivity contribution in [3.05, 3.63) is 89.5 Å². The van der Waals surface area contributed by atoms with Gasteiger partial charge in [-0.3, -0.25) is 9.69 Å². The second-order valence-corrected chi connectivity index (χ2v) is 8.43. The molecule has 1 aromatic heterocycles. The lowest BCUT2D eigenvalue weighted by atomic mass is 10.0. The normalized spacial score (nSPS) is 12.7. The van der Waals surface area contributed by atoms with Gasteiger partial charge in [0.1, 0.15) is 0 Å². The highest BCUT2D eigenvalue weighted by Gasteiger charge is 2.26. The maximum Gasteiger partial charge on any atom is 0.242 e.